The van der Waals surface area contributed by atoms with Crippen molar-refractivity contribution in [1.29, 1.82) is 0 Å². The second kappa shape index (κ2) is 26.0. The van der Waals surface area contributed by atoms with Gasteiger partial charge in [0.15, 0.2) is 17.9 Å². The van der Waals surface area contributed by atoms with E-state index in [1.807, 2.05) is 4.68 Å². The fraction of sp³-hybridized carbons (Fsp3) is 0.946. The molecule has 45 heavy (non-hydrogen) atoms. The number of nitrogens with zero attached hydrogens (tertiary/aromatic N) is 3. The van der Waals surface area contributed by atoms with E-state index in [2.05, 4.69) is 13.8 Å². The van der Waals surface area contributed by atoms with E-state index in [1.54, 1.807) is 0 Å². The van der Waals surface area contributed by atoms with E-state index in [0.29, 0.717) is 45.5 Å². The zero-order valence-electron chi connectivity index (χ0n) is 29.3. The van der Waals surface area contributed by atoms with Crippen LogP contribution in [0, 0.1) is 0 Å². The van der Waals surface area contributed by atoms with Gasteiger partial charge in [0.1, 0.15) is 13.2 Å². The molecular formula is C37H69N3O5. The van der Waals surface area contributed by atoms with Gasteiger partial charge in [0, 0.05) is 6.61 Å². The highest BCUT2D eigenvalue weighted by Gasteiger charge is 2.24. The third-order valence-corrected chi connectivity index (χ3v) is 9.35. The van der Waals surface area contributed by atoms with Crippen molar-refractivity contribution in [2.24, 2.45) is 0 Å². The molecule has 0 saturated carbocycles. The summed E-state index contributed by atoms with van der Waals surface area (Å²) in [6, 6.07) is 0. The van der Waals surface area contributed by atoms with Crippen molar-refractivity contribution in [3.05, 3.63) is 11.6 Å². The average Bonchev–Trinajstić information content (AvgIpc) is 3.47. The minimum Gasteiger partial charge on any atom is -0.373 e. The maximum Gasteiger partial charge on any atom is 0.176 e. The highest BCUT2D eigenvalue weighted by atomic mass is 16.6. The highest BCUT2D eigenvalue weighted by Crippen LogP contribution is 2.24. The lowest BCUT2D eigenvalue weighted by atomic mass is 9.98. The number of hydrogen-bond acceptors (Lipinski definition) is 7. The fourth-order valence-corrected chi connectivity index (χ4v) is 6.62. The maximum atomic E-state index is 6.56. The topological polar surface area (TPSA) is 76.9 Å². The summed E-state index contributed by atoms with van der Waals surface area (Å²) >= 11 is 0. The minimum absolute atomic E-state index is 0.0698. The van der Waals surface area contributed by atoms with Crippen molar-refractivity contribution in [2.45, 2.75) is 193 Å². The Balaban J connectivity index is 1.49. The first-order valence-corrected chi connectivity index (χ1v) is 19.3. The van der Waals surface area contributed by atoms with Gasteiger partial charge in [-0.05, 0) is 32.1 Å². The molecule has 1 aromatic rings. The summed E-state index contributed by atoms with van der Waals surface area (Å²) in [4.78, 5) is 4.74. The second-order valence-corrected chi connectivity index (χ2v) is 13.4. The predicted octanol–water partition coefficient (Wildman–Crippen LogP) is 9.64. The molecule has 3 atom stereocenters. The Morgan fingerprint density at radius 3 is 1.58 bits per heavy atom. The summed E-state index contributed by atoms with van der Waals surface area (Å²) < 4.78 is 33.1. The molecule has 8 heteroatoms. The summed E-state index contributed by atoms with van der Waals surface area (Å²) in [6.07, 6.45) is 29.5. The molecular weight excluding hydrogens is 566 g/mol. The second-order valence-electron chi connectivity index (χ2n) is 13.4. The van der Waals surface area contributed by atoms with Crippen molar-refractivity contribution in [3.63, 3.8) is 0 Å². The van der Waals surface area contributed by atoms with Crippen LogP contribution >= 0.6 is 0 Å². The lowest BCUT2D eigenvalue weighted by Crippen LogP contribution is -2.34. The number of aromatic nitrogens is 3. The van der Waals surface area contributed by atoms with Gasteiger partial charge in [-0.2, -0.15) is 5.10 Å². The quantitative estimate of drug-likeness (QED) is 0.124. The molecule has 0 aliphatic carbocycles. The van der Waals surface area contributed by atoms with Crippen LogP contribution in [0.2, 0.25) is 0 Å². The molecule has 262 valence electrons. The van der Waals surface area contributed by atoms with Crippen LogP contribution < -0.4 is 0 Å². The summed E-state index contributed by atoms with van der Waals surface area (Å²) in [5.41, 5.74) is 0. The maximum absolute atomic E-state index is 6.56. The van der Waals surface area contributed by atoms with Gasteiger partial charge < -0.3 is 23.7 Å². The summed E-state index contributed by atoms with van der Waals surface area (Å²) in [5.74, 6) is 1.49. The van der Waals surface area contributed by atoms with Crippen LogP contribution in [0.4, 0.5) is 0 Å². The molecule has 1 aromatic heterocycles. The third-order valence-electron chi connectivity index (χ3n) is 9.35. The number of ether oxygens (including phenoxy) is 5. The zero-order valence-corrected chi connectivity index (χ0v) is 29.3. The van der Waals surface area contributed by atoms with Crippen LogP contribution in [0.25, 0.3) is 0 Å². The molecule has 0 aromatic carbocycles. The van der Waals surface area contributed by atoms with Gasteiger partial charge in [0.25, 0.3) is 0 Å². The monoisotopic (exact) mass is 636 g/mol. The standard InChI is InChI=1S/C37H69N3O5/c1-3-5-7-9-11-13-15-17-19-23-33-34(24-20-18-16-14-12-10-8-6-4-2)44-30-28-42-32-36-38-35(31-41-27-29-43-33)39-40(36)37-25-21-22-26-45-37/h33-34,37H,3-32H2,1-2H3. The van der Waals surface area contributed by atoms with Crippen molar-refractivity contribution < 1.29 is 23.7 Å². The van der Waals surface area contributed by atoms with E-state index in [4.69, 9.17) is 33.8 Å². The average molecular weight is 636 g/mol. The van der Waals surface area contributed by atoms with Crippen molar-refractivity contribution in [1.82, 2.24) is 14.8 Å². The lowest BCUT2D eigenvalue weighted by molar-refractivity contribution is -0.102. The van der Waals surface area contributed by atoms with E-state index in [-0.39, 0.29) is 18.4 Å². The van der Waals surface area contributed by atoms with Crippen molar-refractivity contribution in [3.8, 4) is 0 Å². The number of fused-ring (bicyclic) bond motifs is 2. The van der Waals surface area contributed by atoms with Gasteiger partial charge in [-0.3, -0.25) is 0 Å². The summed E-state index contributed by atoms with van der Waals surface area (Å²) in [6.45, 7) is 8.30. The van der Waals surface area contributed by atoms with Crippen LogP contribution in [0.15, 0.2) is 0 Å². The number of rotatable bonds is 21. The lowest BCUT2D eigenvalue weighted by Gasteiger charge is -2.28. The van der Waals surface area contributed by atoms with Crippen LogP contribution in [0.1, 0.15) is 179 Å². The van der Waals surface area contributed by atoms with Gasteiger partial charge in [-0.1, -0.05) is 129 Å². The molecule has 2 aliphatic heterocycles. The molecule has 0 radical (unpaired) electrons. The van der Waals surface area contributed by atoms with Crippen LogP contribution in [0.5, 0.6) is 0 Å². The van der Waals surface area contributed by atoms with Crippen LogP contribution in [-0.4, -0.2) is 60.0 Å². The molecule has 3 unspecified atom stereocenters. The number of unbranched alkanes of at least 4 members (excludes halogenated alkanes) is 16. The Morgan fingerprint density at radius 1 is 0.556 bits per heavy atom. The van der Waals surface area contributed by atoms with Gasteiger partial charge in [0.05, 0.1) is 38.6 Å². The molecule has 0 spiro atoms. The molecule has 2 bridgehead atoms. The van der Waals surface area contributed by atoms with E-state index in [9.17, 15) is 0 Å². The molecule has 8 nitrogen and oxygen atoms in total. The van der Waals surface area contributed by atoms with Gasteiger partial charge in [0.2, 0.25) is 0 Å². The molecule has 3 heterocycles. The van der Waals surface area contributed by atoms with Crippen molar-refractivity contribution in [2.75, 3.05) is 33.0 Å². The van der Waals surface area contributed by atoms with Crippen LogP contribution in [0.3, 0.4) is 0 Å². The first-order chi connectivity index (χ1) is 22.3. The summed E-state index contributed by atoms with van der Waals surface area (Å²) in [7, 11) is 0. The smallest absolute Gasteiger partial charge is 0.176 e. The molecule has 1 saturated heterocycles. The molecule has 0 N–H and O–H groups in total. The summed E-state index contributed by atoms with van der Waals surface area (Å²) in [5, 5.41) is 4.73. The van der Waals surface area contributed by atoms with Crippen LogP contribution in [-0.2, 0) is 36.9 Å². The predicted molar refractivity (Wildman–Crippen MR) is 181 cm³/mol. The number of hydrogen-bond donors (Lipinski definition) is 0. The molecule has 3 rings (SSSR count). The SMILES string of the molecule is CCCCCCCCCCCC1OCCOCc2nc(n(C3CCCCO3)n2)COCCOC1CCCCCCCCCCC. The van der Waals surface area contributed by atoms with Gasteiger partial charge in [-0.15, -0.1) is 0 Å². The van der Waals surface area contributed by atoms with Gasteiger partial charge in [-0.25, -0.2) is 9.67 Å². The first-order valence-electron chi connectivity index (χ1n) is 19.3. The highest BCUT2D eigenvalue weighted by molar-refractivity contribution is 4.93. The Morgan fingerprint density at radius 2 is 1.07 bits per heavy atom. The van der Waals surface area contributed by atoms with Crippen molar-refractivity contribution >= 4 is 0 Å². The molecule has 1 fully saturated rings. The Kier molecular flexibility index (Phi) is 22.1. The first kappa shape index (κ1) is 38.4. The van der Waals surface area contributed by atoms with E-state index >= 15 is 0 Å². The van der Waals surface area contributed by atoms with E-state index in [1.165, 1.54) is 116 Å². The minimum atomic E-state index is -0.0698. The van der Waals surface area contributed by atoms with E-state index < -0.39 is 0 Å². The fourth-order valence-electron chi connectivity index (χ4n) is 6.62. The normalized spacial score (nSPS) is 22.2. The third kappa shape index (κ3) is 17.1. The zero-order chi connectivity index (χ0) is 31.6. The Labute approximate surface area is 276 Å². The Bertz CT molecular complexity index is 816. The Hall–Kier alpha value is -1.06. The molecule has 2 aliphatic rings. The van der Waals surface area contributed by atoms with Gasteiger partial charge >= 0.3 is 0 Å². The molecule has 0 amide bonds. The van der Waals surface area contributed by atoms with E-state index in [0.717, 1.165) is 44.5 Å². The largest absolute Gasteiger partial charge is 0.373 e.